The fourth-order valence-electron chi connectivity index (χ4n) is 3.51. The van der Waals surface area contributed by atoms with E-state index in [0.29, 0.717) is 6.04 Å². The number of aromatic nitrogens is 4. The quantitative estimate of drug-likeness (QED) is 0.739. The monoisotopic (exact) mass is 322 g/mol. The first-order valence-electron chi connectivity index (χ1n) is 8.36. The first kappa shape index (κ1) is 15.1. The Balaban J connectivity index is 1.68. The molecule has 0 radical (unpaired) electrons. The fourth-order valence-corrected chi connectivity index (χ4v) is 3.51. The molecule has 3 aromatic heterocycles. The first-order valence-corrected chi connectivity index (χ1v) is 8.36. The van der Waals surface area contributed by atoms with Crippen LogP contribution in [-0.4, -0.2) is 44.9 Å². The van der Waals surface area contributed by atoms with Gasteiger partial charge in [-0.15, -0.1) is 0 Å². The van der Waals surface area contributed by atoms with Crippen molar-refractivity contribution in [3.05, 3.63) is 54.5 Å². The molecule has 0 spiro atoms. The molecule has 4 rings (SSSR count). The van der Waals surface area contributed by atoms with Gasteiger partial charge >= 0.3 is 0 Å². The van der Waals surface area contributed by atoms with Crippen LogP contribution >= 0.6 is 0 Å². The summed E-state index contributed by atoms with van der Waals surface area (Å²) >= 11 is 0. The summed E-state index contributed by atoms with van der Waals surface area (Å²) in [4.78, 5) is 18.1. The summed E-state index contributed by atoms with van der Waals surface area (Å²) in [6.45, 7) is 1.89. The molecule has 1 aliphatic heterocycles. The van der Waals surface area contributed by atoms with E-state index < -0.39 is 0 Å². The molecule has 0 saturated carbocycles. The predicted molar refractivity (Wildman–Crippen MR) is 93.9 cm³/mol. The van der Waals surface area contributed by atoms with Gasteiger partial charge in [-0.2, -0.15) is 0 Å². The molecule has 1 unspecified atom stereocenters. The number of rotatable bonds is 4. The van der Waals surface area contributed by atoms with Crippen LogP contribution in [-0.2, 0) is 6.54 Å². The highest BCUT2D eigenvalue weighted by Crippen LogP contribution is 2.33. The molecule has 3 aromatic rings. The summed E-state index contributed by atoms with van der Waals surface area (Å²) in [5.41, 5.74) is 3.28. The van der Waals surface area contributed by atoms with Crippen molar-refractivity contribution in [1.29, 1.82) is 0 Å². The van der Waals surface area contributed by atoms with E-state index in [9.17, 15) is 0 Å². The van der Waals surface area contributed by atoms with Crippen molar-refractivity contribution in [2.45, 2.75) is 25.4 Å². The molecule has 0 amide bonds. The van der Waals surface area contributed by atoms with Crippen molar-refractivity contribution < 1.29 is 0 Å². The SMILES string of the molecule is CN(C)c1nc(C2CCCN2Cc2cnccn2)cn2cccc12. The molecular weight excluding hydrogens is 300 g/mol. The van der Waals surface area contributed by atoms with Gasteiger partial charge in [0.25, 0.3) is 0 Å². The highest BCUT2D eigenvalue weighted by Gasteiger charge is 2.28. The molecule has 24 heavy (non-hydrogen) atoms. The van der Waals surface area contributed by atoms with Gasteiger partial charge < -0.3 is 9.30 Å². The van der Waals surface area contributed by atoms with Gasteiger partial charge in [-0.25, -0.2) is 4.98 Å². The van der Waals surface area contributed by atoms with Crippen LogP contribution < -0.4 is 4.90 Å². The third-order valence-electron chi connectivity index (χ3n) is 4.62. The number of likely N-dealkylation sites (tertiary alicyclic amines) is 1. The van der Waals surface area contributed by atoms with Crippen LogP contribution in [0.3, 0.4) is 0 Å². The van der Waals surface area contributed by atoms with Crippen LogP contribution in [0.25, 0.3) is 5.52 Å². The van der Waals surface area contributed by atoms with Crippen LogP contribution in [0.15, 0.2) is 43.1 Å². The summed E-state index contributed by atoms with van der Waals surface area (Å²) in [5, 5.41) is 0. The highest BCUT2D eigenvalue weighted by atomic mass is 15.2. The lowest BCUT2D eigenvalue weighted by Gasteiger charge is -2.25. The fraction of sp³-hybridized carbons (Fsp3) is 0.389. The summed E-state index contributed by atoms with van der Waals surface area (Å²) in [6.07, 6.45) is 11.9. The number of hydrogen-bond donors (Lipinski definition) is 0. The normalized spacial score (nSPS) is 18.3. The zero-order chi connectivity index (χ0) is 16.5. The Bertz CT molecular complexity index is 826. The number of fused-ring (bicyclic) bond motifs is 1. The predicted octanol–water partition coefficient (Wildman–Crippen LogP) is 2.53. The van der Waals surface area contributed by atoms with Gasteiger partial charge in [0.1, 0.15) is 0 Å². The lowest BCUT2D eigenvalue weighted by atomic mass is 10.1. The summed E-state index contributed by atoms with van der Waals surface area (Å²) in [6, 6.07) is 4.51. The molecule has 0 aromatic carbocycles. The van der Waals surface area contributed by atoms with Crippen LogP contribution in [0.2, 0.25) is 0 Å². The molecule has 1 atom stereocenters. The van der Waals surface area contributed by atoms with Crippen LogP contribution in [0.5, 0.6) is 0 Å². The maximum Gasteiger partial charge on any atom is 0.152 e. The molecule has 1 fully saturated rings. The van der Waals surface area contributed by atoms with Gasteiger partial charge in [0.2, 0.25) is 0 Å². The summed E-state index contributed by atoms with van der Waals surface area (Å²) < 4.78 is 2.18. The van der Waals surface area contributed by atoms with Crippen molar-refractivity contribution >= 4 is 11.3 Å². The van der Waals surface area contributed by atoms with Crippen LogP contribution in [0.1, 0.15) is 30.3 Å². The van der Waals surface area contributed by atoms with E-state index in [2.05, 4.69) is 48.7 Å². The second kappa shape index (κ2) is 6.20. The smallest absolute Gasteiger partial charge is 0.152 e. The van der Waals surface area contributed by atoms with Crippen molar-refractivity contribution in [2.75, 3.05) is 25.5 Å². The maximum atomic E-state index is 4.97. The Morgan fingerprint density at radius 3 is 3.00 bits per heavy atom. The number of nitrogens with zero attached hydrogens (tertiary/aromatic N) is 6. The molecule has 124 valence electrons. The zero-order valence-corrected chi connectivity index (χ0v) is 14.1. The molecule has 6 heteroatoms. The van der Waals surface area contributed by atoms with Crippen molar-refractivity contribution in [2.24, 2.45) is 0 Å². The minimum Gasteiger partial charge on any atom is -0.361 e. The van der Waals surface area contributed by atoms with Gasteiger partial charge in [-0.1, -0.05) is 0 Å². The van der Waals surface area contributed by atoms with E-state index in [-0.39, 0.29) is 0 Å². The van der Waals surface area contributed by atoms with Gasteiger partial charge in [-0.05, 0) is 31.5 Å². The Morgan fingerprint density at radius 2 is 2.21 bits per heavy atom. The lowest BCUT2D eigenvalue weighted by Crippen LogP contribution is -2.25. The van der Waals surface area contributed by atoms with Crippen molar-refractivity contribution in [1.82, 2.24) is 24.3 Å². The third kappa shape index (κ3) is 2.73. The molecule has 0 N–H and O–H groups in total. The minimum atomic E-state index is 0.331. The van der Waals surface area contributed by atoms with Gasteiger partial charge in [0.15, 0.2) is 5.82 Å². The lowest BCUT2D eigenvalue weighted by molar-refractivity contribution is 0.241. The second-order valence-corrected chi connectivity index (χ2v) is 6.51. The molecule has 1 aliphatic rings. The molecule has 6 nitrogen and oxygen atoms in total. The van der Waals surface area contributed by atoms with Crippen LogP contribution in [0, 0.1) is 0 Å². The van der Waals surface area contributed by atoms with Crippen molar-refractivity contribution in [3.8, 4) is 0 Å². The summed E-state index contributed by atoms with van der Waals surface area (Å²) in [7, 11) is 4.09. The van der Waals surface area contributed by atoms with E-state index in [4.69, 9.17) is 4.98 Å². The average molecular weight is 322 g/mol. The van der Waals surface area contributed by atoms with Crippen LogP contribution in [0.4, 0.5) is 5.82 Å². The molecule has 0 aliphatic carbocycles. The second-order valence-electron chi connectivity index (χ2n) is 6.51. The Hall–Kier alpha value is -2.47. The molecule has 0 bridgehead atoms. The standard InChI is InChI=1S/C18H22N6/c1-22(2)18-17-6-4-10-24(17)13-15(21-18)16-5-3-9-23(16)12-14-11-19-7-8-20-14/h4,6-8,10-11,13,16H,3,5,9,12H2,1-2H3. The minimum absolute atomic E-state index is 0.331. The van der Waals surface area contributed by atoms with Gasteiger partial charge in [0, 0.05) is 51.6 Å². The largest absolute Gasteiger partial charge is 0.361 e. The van der Waals surface area contributed by atoms with E-state index in [0.717, 1.165) is 42.2 Å². The Morgan fingerprint density at radius 1 is 1.29 bits per heavy atom. The zero-order valence-electron chi connectivity index (χ0n) is 14.1. The molecule has 4 heterocycles. The Labute approximate surface area is 141 Å². The average Bonchev–Trinajstić information content (AvgIpc) is 3.23. The topological polar surface area (TPSA) is 49.6 Å². The number of anilines is 1. The molecular formula is C18H22N6. The van der Waals surface area contributed by atoms with E-state index >= 15 is 0 Å². The van der Waals surface area contributed by atoms with Gasteiger partial charge in [-0.3, -0.25) is 14.9 Å². The maximum absolute atomic E-state index is 4.97. The van der Waals surface area contributed by atoms with Gasteiger partial charge in [0.05, 0.1) is 22.9 Å². The first-order chi connectivity index (χ1) is 11.7. The summed E-state index contributed by atoms with van der Waals surface area (Å²) in [5.74, 6) is 1.02. The van der Waals surface area contributed by atoms with E-state index in [1.165, 1.54) is 6.42 Å². The Kier molecular flexibility index (Phi) is 3.90. The van der Waals surface area contributed by atoms with Crippen molar-refractivity contribution in [3.63, 3.8) is 0 Å². The van der Waals surface area contributed by atoms with E-state index in [1.807, 2.05) is 20.3 Å². The third-order valence-corrected chi connectivity index (χ3v) is 4.62. The van der Waals surface area contributed by atoms with E-state index in [1.54, 1.807) is 12.4 Å². The number of hydrogen-bond acceptors (Lipinski definition) is 5. The highest BCUT2D eigenvalue weighted by molar-refractivity contribution is 5.69. The molecule has 1 saturated heterocycles.